The van der Waals surface area contributed by atoms with Gasteiger partial charge < -0.3 is 20.6 Å². The summed E-state index contributed by atoms with van der Waals surface area (Å²) in [5, 5.41) is 9.87. The molecule has 2 aliphatic rings. The molecule has 3 heterocycles. The summed E-state index contributed by atoms with van der Waals surface area (Å²) >= 11 is 6.81. The molecule has 1 aliphatic carbocycles. The molecule has 0 radical (unpaired) electrons. The lowest BCUT2D eigenvalue weighted by molar-refractivity contribution is 0.00911. The molecule has 1 fully saturated rings. The van der Waals surface area contributed by atoms with Crippen molar-refractivity contribution in [3.63, 3.8) is 0 Å². The van der Waals surface area contributed by atoms with E-state index in [0.717, 1.165) is 27.7 Å². The molecule has 2 aromatic heterocycles. The summed E-state index contributed by atoms with van der Waals surface area (Å²) in [7, 11) is 1.93. The molecule has 8 nitrogen and oxygen atoms in total. The average molecular weight is 591 g/mol. The summed E-state index contributed by atoms with van der Waals surface area (Å²) in [5.74, 6) is 2.74. The summed E-state index contributed by atoms with van der Waals surface area (Å²) in [5.41, 5.74) is 11.0. The van der Waals surface area contributed by atoms with Crippen LogP contribution in [0.4, 0.5) is 20.2 Å². The molecule has 1 saturated carbocycles. The number of nitrogens with zero attached hydrogens (tertiary/aromatic N) is 4. The highest BCUT2D eigenvalue weighted by Crippen LogP contribution is 2.47. The van der Waals surface area contributed by atoms with Crippen molar-refractivity contribution in [3.8, 4) is 12.3 Å². The van der Waals surface area contributed by atoms with Gasteiger partial charge in [-0.25, -0.2) is 13.8 Å². The maximum absolute atomic E-state index is 14.0. The zero-order chi connectivity index (χ0) is 29.8. The number of nitrogens with one attached hydrogen (secondary N) is 4. The third kappa shape index (κ3) is 4.97. The van der Waals surface area contributed by atoms with Crippen molar-refractivity contribution in [1.82, 2.24) is 30.5 Å². The fourth-order valence-corrected chi connectivity index (χ4v) is 5.64. The van der Waals surface area contributed by atoms with Gasteiger partial charge in [0.05, 0.1) is 50.9 Å². The molecule has 0 bridgehead atoms. The Morgan fingerprint density at radius 2 is 2.00 bits per heavy atom. The molecular weight excluding hydrogens is 558 g/mol. The molecule has 2 aromatic carbocycles. The molecule has 0 saturated heterocycles. The summed E-state index contributed by atoms with van der Waals surface area (Å²) < 4.78 is 29.9. The van der Waals surface area contributed by atoms with Crippen molar-refractivity contribution >= 4 is 44.9 Å². The first kappa shape index (κ1) is 28.1. The standard InChI is InChI=1S/C31H33ClF2N8/c1-6-18-14-35-26-21(25(18)36-16-30(2,3)4)12-19(13-22(26)32)38-27(20-8-7-9-23-28(20)41(5)17-37-23)24-15-42(40-39-24)31(10-11-31)29(33)34/h1,7-9,12-15,17,27,29,38-40H,10-11,16H2,2-5H3,(H,35,36)/t27-/m0/s1. The van der Waals surface area contributed by atoms with E-state index in [1.165, 1.54) is 5.01 Å². The van der Waals surface area contributed by atoms with E-state index in [1.54, 1.807) is 18.7 Å². The Hall–Kier alpha value is -4.07. The normalized spacial score (nSPS) is 16.8. The van der Waals surface area contributed by atoms with Crippen molar-refractivity contribution in [1.29, 1.82) is 0 Å². The smallest absolute Gasteiger partial charge is 0.262 e. The van der Waals surface area contributed by atoms with Crippen molar-refractivity contribution in [3.05, 3.63) is 70.9 Å². The molecule has 218 valence electrons. The zero-order valence-corrected chi connectivity index (χ0v) is 24.7. The maximum Gasteiger partial charge on any atom is 0.262 e. The quantitative estimate of drug-likeness (QED) is 0.179. The summed E-state index contributed by atoms with van der Waals surface area (Å²) in [6, 6.07) is 9.20. The second-order valence-corrected chi connectivity index (χ2v) is 12.6. The Morgan fingerprint density at radius 1 is 1.21 bits per heavy atom. The number of anilines is 2. The van der Waals surface area contributed by atoms with Gasteiger partial charge in [0.25, 0.3) is 6.43 Å². The van der Waals surface area contributed by atoms with Crippen LogP contribution >= 0.6 is 11.6 Å². The first-order chi connectivity index (χ1) is 20.0. The number of benzene rings is 2. The summed E-state index contributed by atoms with van der Waals surface area (Å²) in [4.78, 5) is 9.08. The fraction of sp³-hybridized carbons (Fsp3) is 0.355. The largest absolute Gasteiger partial charge is 0.383 e. The number of para-hydroxylation sites is 1. The molecule has 1 aliphatic heterocycles. The van der Waals surface area contributed by atoms with Gasteiger partial charge in [0.1, 0.15) is 5.54 Å². The minimum absolute atomic E-state index is 0.00460. The molecular formula is C31H33ClF2N8. The molecule has 6 rings (SSSR count). The number of terminal acetylenes is 1. The van der Waals surface area contributed by atoms with Crippen LogP contribution in [0.2, 0.25) is 5.02 Å². The number of aromatic nitrogens is 3. The van der Waals surface area contributed by atoms with E-state index in [4.69, 9.17) is 18.0 Å². The summed E-state index contributed by atoms with van der Waals surface area (Å²) in [6.45, 7) is 7.11. The number of hydrogen-bond donors (Lipinski definition) is 4. The predicted molar refractivity (Wildman–Crippen MR) is 164 cm³/mol. The van der Waals surface area contributed by atoms with Gasteiger partial charge in [0, 0.05) is 42.6 Å². The van der Waals surface area contributed by atoms with Crippen LogP contribution in [0.5, 0.6) is 0 Å². The Morgan fingerprint density at radius 3 is 2.69 bits per heavy atom. The average Bonchev–Trinajstić information content (AvgIpc) is 3.47. The van der Waals surface area contributed by atoms with Gasteiger partial charge >= 0.3 is 0 Å². The van der Waals surface area contributed by atoms with Gasteiger partial charge in [-0.2, -0.15) is 0 Å². The first-order valence-corrected chi connectivity index (χ1v) is 14.2. The van der Waals surface area contributed by atoms with Crippen molar-refractivity contribution in [2.75, 3.05) is 17.2 Å². The minimum Gasteiger partial charge on any atom is -0.383 e. The maximum atomic E-state index is 14.0. The van der Waals surface area contributed by atoms with E-state index in [1.807, 2.05) is 41.9 Å². The van der Waals surface area contributed by atoms with E-state index in [2.05, 4.69) is 58.3 Å². The predicted octanol–water partition coefficient (Wildman–Crippen LogP) is 6.33. The molecule has 0 unspecified atom stereocenters. The van der Waals surface area contributed by atoms with E-state index in [9.17, 15) is 8.78 Å². The SMILES string of the molecule is C#Cc1cnc2c(Cl)cc(N[C@H](C3=CN(C4(C(F)F)CC4)NN3)c3cccc4ncn(C)c34)cc2c1NCC(C)(C)C. The Kier molecular flexibility index (Phi) is 6.90. The van der Waals surface area contributed by atoms with Gasteiger partial charge in [0.15, 0.2) is 0 Å². The van der Waals surface area contributed by atoms with Crippen LogP contribution in [0, 0.1) is 17.8 Å². The lowest BCUT2D eigenvalue weighted by atomic mass is 9.96. The van der Waals surface area contributed by atoms with Crippen LogP contribution < -0.4 is 21.6 Å². The number of hydrogen-bond acceptors (Lipinski definition) is 7. The molecule has 4 N–H and O–H groups in total. The van der Waals surface area contributed by atoms with Gasteiger partial charge in [-0.15, -0.1) is 12.0 Å². The van der Waals surface area contributed by atoms with Crippen LogP contribution in [0.1, 0.15) is 50.8 Å². The highest BCUT2D eigenvalue weighted by molar-refractivity contribution is 6.35. The Balaban J connectivity index is 1.46. The lowest BCUT2D eigenvalue weighted by Gasteiger charge is -2.25. The Labute approximate surface area is 248 Å². The number of fused-ring (bicyclic) bond motifs is 2. The van der Waals surface area contributed by atoms with E-state index in [-0.39, 0.29) is 5.41 Å². The molecule has 0 amide bonds. The minimum atomic E-state index is -2.48. The highest BCUT2D eigenvalue weighted by Gasteiger charge is 2.56. The number of pyridine rings is 1. The molecule has 0 spiro atoms. The second kappa shape index (κ2) is 10.3. The number of rotatable bonds is 8. The van der Waals surface area contributed by atoms with E-state index < -0.39 is 18.0 Å². The number of aryl methyl sites for hydroxylation is 1. The Bertz CT molecular complexity index is 1750. The fourth-order valence-electron chi connectivity index (χ4n) is 5.37. The molecule has 4 aromatic rings. The van der Waals surface area contributed by atoms with Gasteiger partial charge in [-0.1, -0.05) is 50.4 Å². The van der Waals surface area contributed by atoms with Crippen LogP contribution in [-0.4, -0.2) is 38.1 Å². The van der Waals surface area contributed by atoms with Crippen LogP contribution in [0.15, 0.2) is 54.8 Å². The van der Waals surface area contributed by atoms with Crippen LogP contribution in [0.25, 0.3) is 21.9 Å². The lowest BCUT2D eigenvalue weighted by Crippen LogP contribution is -2.48. The van der Waals surface area contributed by atoms with Crippen LogP contribution in [-0.2, 0) is 7.05 Å². The van der Waals surface area contributed by atoms with E-state index >= 15 is 0 Å². The topological polar surface area (TPSA) is 82.1 Å². The van der Waals surface area contributed by atoms with Crippen LogP contribution in [0.3, 0.4) is 0 Å². The third-order valence-electron chi connectivity index (χ3n) is 7.81. The van der Waals surface area contributed by atoms with Crippen molar-refractivity contribution in [2.24, 2.45) is 12.5 Å². The molecule has 42 heavy (non-hydrogen) atoms. The van der Waals surface area contributed by atoms with E-state index in [0.29, 0.717) is 46.9 Å². The van der Waals surface area contributed by atoms with Gasteiger partial charge in [0.2, 0.25) is 0 Å². The highest BCUT2D eigenvalue weighted by atomic mass is 35.5. The number of alkyl halides is 2. The van der Waals surface area contributed by atoms with Gasteiger partial charge in [-0.05, 0) is 36.5 Å². The first-order valence-electron chi connectivity index (χ1n) is 13.8. The number of halogens is 3. The molecule has 1 atom stereocenters. The number of hydrazine groups is 2. The zero-order valence-electron chi connectivity index (χ0n) is 23.9. The van der Waals surface area contributed by atoms with Crippen molar-refractivity contribution in [2.45, 2.75) is 51.6 Å². The molecule has 11 heteroatoms. The monoisotopic (exact) mass is 590 g/mol. The van der Waals surface area contributed by atoms with Gasteiger partial charge in [-0.3, -0.25) is 9.99 Å². The number of imidazole rings is 1. The summed E-state index contributed by atoms with van der Waals surface area (Å²) in [6.07, 6.45) is 9.34. The second-order valence-electron chi connectivity index (χ2n) is 12.2. The van der Waals surface area contributed by atoms with Crippen molar-refractivity contribution < 1.29 is 8.78 Å². The third-order valence-corrected chi connectivity index (χ3v) is 8.10.